The van der Waals surface area contributed by atoms with Crippen LogP contribution in [0.15, 0.2) is 0 Å². The summed E-state index contributed by atoms with van der Waals surface area (Å²) < 4.78 is 5.41. The van der Waals surface area contributed by atoms with Crippen molar-refractivity contribution in [2.24, 2.45) is 11.7 Å². The fourth-order valence-electron chi connectivity index (χ4n) is 2.96. The van der Waals surface area contributed by atoms with Crippen LogP contribution in [-0.4, -0.2) is 68.8 Å². The Balaban J connectivity index is 1.73. The molecule has 2 atom stereocenters. The topological polar surface area (TPSA) is 41.7 Å². The molecule has 2 rings (SSSR count). The summed E-state index contributed by atoms with van der Waals surface area (Å²) in [6.07, 6.45) is 3.70. The number of likely N-dealkylation sites (N-methyl/N-ethyl adjacent to an activating group) is 1. The fourth-order valence-corrected chi connectivity index (χ4v) is 2.96. The predicted molar refractivity (Wildman–Crippen MR) is 70.1 cm³/mol. The molecule has 4 nitrogen and oxygen atoms in total. The summed E-state index contributed by atoms with van der Waals surface area (Å²) in [4.78, 5) is 4.88. The SMILES string of the molecule is CN1CCC(N(C)CC(N)C2CCOC2)CC1. The molecule has 2 aliphatic rings. The van der Waals surface area contributed by atoms with Gasteiger partial charge >= 0.3 is 0 Å². The molecule has 2 heterocycles. The molecule has 0 aromatic rings. The maximum Gasteiger partial charge on any atom is 0.0510 e. The molecule has 2 unspecified atom stereocenters. The van der Waals surface area contributed by atoms with Gasteiger partial charge in [0.1, 0.15) is 0 Å². The van der Waals surface area contributed by atoms with Crippen molar-refractivity contribution in [2.75, 3.05) is 46.9 Å². The van der Waals surface area contributed by atoms with Gasteiger partial charge in [-0.15, -0.1) is 0 Å². The molecule has 2 saturated heterocycles. The van der Waals surface area contributed by atoms with E-state index in [1.54, 1.807) is 0 Å². The Labute approximate surface area is 105 Å². The molecule has 2 aliphatic heterocycles. The van der Waals surface area contributed by atoms with Crippen LogP contribution in [0.25, 0.3) is 0 Å². The lowest BCUT2D eigenvalue weighted by Gasteiger charge is -2.36. The van der Waals surface area contributed by atoms with Crippen molar-refractivity contribution < 1.29 is 4.74 Å². The van der Waals surface area contributed by atoms with Crippen molar-refractivity contribution in [3.8, 4) is 0 Å². The second kappa shape index (κ2) is 6.14. The third-order valence-corrected chi connectivity index (χ3v) is 4.38. The van der Waals surface area contributed by atoms with Crippen LogP contribution in [0, 0.1) is 5.92 Å². The first-order valence-electron chi connectivity index (χ1n) is 6.89. The highest BCUT2D eigenvalue weighted by Gasteiger charge is 2.27. The third kappa shape index (κ3) is 3.65. The van der Waals surface area contributed by atoms with Gasteiger partial charge in [-0.2, -0.15) is 0 Å². The summed E-state index contributed by atoms with van der Waals surface area (Å²) in [7, 11) is 4.43. The summed E-state index contributed by atoms with van der Waals surface area (Å²) in [6.45, 7) is 5.22. The second-order valence-corrected chi connectivity index (χ2v) is 5.76. The van der Waals surface area contributed by atoms with E-state index < -0.39 is 0 Å². The normalized spacial score (nSPS) is 30.0. The van der Waals surface area contributed by atoms with Crippen molar-refractivity contribution in [1.29, 1.82) is 0 Å². The number of piperidine rings is 1. The molecule has 0 radical (unpaired) electrons. The maximum atomic E-state index is 6.28. The van der Waals surface area contributed by atoms with Crippen LogP contribution in [-0.2, 0) is 4.74 Å². The van der Waals surface area contributed by atoms with Crippen LogP contribution in [0.1, 0.15) is 19.3 Å². The Bertz CT molecular complexity index is 223. The van der Waals surface area contributed by atoms with Crippen molar-refractivity contribution in [1.82, 2.24) is 9.80 Å². The molecule has 2 fully saturated rings. The van der Waals surface area contributed by atoms with Gasteiger partial charge in [0, 0.05) is 31.2 Å². The van der Waals surface area contributed by atoms with E-state index in [2.05, 4.69) is 23.9 Å². The molecule has 0 spiro atoms. The fraction of sp³-hybridized carbons (Fsp3) is 1.00. The van der Waals surface area contributed by atoms with Gasteiger partial charge in [-0.25, -0.2) is 0 Å². The quantitative estimate of drug-likeness (QED) is 0.772. The van der Waals surface area contributed by atoms with E-state index in [1.165, 1.54) is 25.9 Å². The van der Waals surface area contributed by atoms with Gasteiger partial charge in [-0.3, -0.25) is 0 Å². The van der Waals surface area contributed by atoms with Gasteiger partial charge in [0.05, 0.1) is 6.61 Å². The number of hydrogen-bond donors (Lipinski definition) is 1. The molecule has 0 aromatic carbocycles. The minimum atomic E-state index is 0.280. The molecular weight excluding hydrogens is 214 g/mol. The number of likely N-dealkylation sites (tertiary alicyclic amines) is 1. The molecule has 17 heavy (non-hydrogen) atoms. The Morgan fingerprint density at radius 2 is 2.06 bits per heavy atom. The van der Waals surface area contributed by atoms with Crippen molar-refractivity contribution >= 4 is 0 Å². The lowest BCUT2D eigenvalue weighted by atomic mass is 9.97. The van der Waals surface area contributed by atoms with Crippen molar-refractivity contribution in [3.05, 3.63) is 0 Å². The number of rotatable bonds is 4. The zero-order valence-corrected chi connectivity index (χ0v) is 11.3. The highest BCUT2D eigenvalue weighted by atomic mass is 16.5. The third-order valence-electron chi connectivity index (χ3n) is 4.38. The molecular formula is C13H27N3O. The highest BCUT2D eigenvalue weighted by Crippen LogP contribution is 2.19. The zero-order chi connectivity index (χ0) is 12.3. The van der Waals surface area contributed by atoms with Crippen LogP contribution in [0.3, 0.4) is 0 Å². The number of nitrogens with zero attached hydrogens (tertiary/aromatic N) is 2. The minimum absolute atomic E-state index is 0.280. The van der Waals surface area contributed by atoms with Gasteiger partial charge in [-0.05, 0) is 46.4 Å². The molecule has 2 N–H and O–H groups in total. The monoisotopic (exact) mass is 241 g/mol. The lowest BCUT2D eigenvalue weighted by molar-refractivity contribution is 0.126. The van der Waals surface area contributed by atoms with Gasteiger partial charge in [0.2, 0.25) is 0 Å². The van der Waals surface area contributed by atoms with E-state index in [0.29, 0.717) is 5.92 Å². The maximum absolute atomic E-state index is 6.28. The number of hydrogen-bond acceptors (Lipinski definition) is 4. The first kappa shape index (κ1) is 13.3. The van der Waals surface area contributed by atoms with Crippen LogP contribution < -0.4 is 5.73 Å². The Morgan fingerprint density at radius 3 is 2.65 bits per heavy atom. The summed E-state index contributed by atoms with van der Waals surface area (Å²) in [5.41, 5.74) is 6.28. The number of ether oxygens (including phenoxy) is 1. The molecule has 100 valence electrons. The molecule has 0 bridgehead atoms. The Morgan fingerprint density at radius 1 is 1.35 bits per heavy atom. The molecule has 0 aromatic heterocycles. The van der Waals surface area contributed by atoms with Crippen LogP contribution >= 0.6 is 0 Å². The van der Waals surface area contributed by atoms with E-state index >= 15 is 0 Å². The largest absolute Gasteiger partial charge is 0.381 e. The van der Waals surface area contributed by atoms with Crippen LogP contribution in [0.2, 0.25) is 0 Å². The van der Waals surface area contributed by atoms with Crippen LogP contribution in [0.5, 0.6) is 0 Å². The Hall–Kier alpha value is -0.160. The average molecular weight is 241 g/mol. The lowest BCUT2D eigenvalue weighted by Crippen LogP contribution is -2.48. The van der Waals surface area contributed by atoms with Gasteiger partial charge < -0.3 is 20.3 Å². The first-order valence-corrected chi connectivity index (χ1v) is 6.89. The van der Waals surface area contributed by atoms with E-state index in [9.17, 15) is 0 Å². The zero-order valence-electron chi connectivity index (χ0n) is 11.3. The minimum Gasteiger partial charge on any atom is -0.381 e. The van der Waals surface area contributed by atoms with Gasteiger partial charge in [0.25, 0.3) is 0 Å². The van der Waals surface area contributed by atoms with E-state index in [4.69, 9.17) is 10.5 Å². The van der Waals surface area contributed by atoms with Gasteiger partial charge in [-0.1, -0.05) is 0 Å². The molecule has 0 saturated carbocycles. The molecule has 0 aliphatic carbocycles. The second-order valence-electron chi connectivity index (χ2n) is 5.76. The summed E-state index contributed by atoms with van der Waals surface area (Å²) in [6, 6.07) is 1.00. The molecule has 4 heteroatoms. The average Bonchev–Trinajstić information content (AvgIpc) is 2.83. The standard InChI is InChI=1S/C13H27N3O/c1-15-6-3-12(4-7-15)16(2)9-13(14)11-5-8-17-10-11/h11-13H,3-10,14H2,1-2H3. The predicted octanol–water partition coefficient (Wildman–Crippen LogP) is 0.376. The summed E-state index contributed by atoms with van der Waals surface area (Å²) in [5.74, 6) is 0.573. The van der Waals surface area contributed by atoms with E-state index in [-0.39, 0.29) is 6.04 Å². The van der Waals surface area contributed by atoms with E-state index in [0.717, 1.165) is 32.2 Å². The van der Waals surface area contributed by atoms with Gasteiger partial charge in [0.15, 0.2) is 0 Å². The molecule has 0 amide bonds. The van der Waals surface area contributed by atoms with Crippen molar-refractivity contribution in [2.45, 2.75) is 31.3 Å². The number of nitrogens with two attached hydrogens (primary N) is 1. The van der Waals surface area contributed by atoms with E-state index in [1.807, 2.05) is 0 Å². The van der Waals surface area contributed by atoms with Crippen LogP contribution in [0.4, 0.5) is 0 Å². The highest BCUT2D eigenvalue weighted by molar-refractivity contribution is 4.83. The first-order chi connectivity index (χ1) is 8.16. The summed E-state index contributed by atoms with van der Waals surface area (Å²) >= 11 is 0. The smallest absolute Gasteiger partial charge is 0.0510 e. The summed E-state index contributed by atoms with van der Waals surface area (Å²) in [5, 5.41) is 0. The van der Waals surface area contributed by atoms with Crippen molar-refractivity contribution in [3.63, 3.8) is 0 Å². The Kier molecular flexibility index (Phi) is 4.79.